The number of benzene rings is 1. The molecule has 1 N–H and O–H groups in total. The number of nitro benzene ring substituents is 1. The summed E-state index contributed by atoms with van der Waals surface area (Å²) in [6.45, 7) is 1.21. The Kier molecular flexibility index (Phi) is 4.84. The van der Waals surface area contributed by atoms with E-state index in [-0.39, 0.29) is 17.7 Å². The molecule has 1 aromatic carbocycles. The molecule has 0 radical (unpaired) electrons. The van der Waals surface area contributed by atoms with Gasteiger partial charge in [-0.1, -0.05) is 12.1 Å². The van der Waals surface area contributed by atoms with Gasteiger partial charge in [0.05, 0.1) is 16.6 Å². The SMILES string of the molecule is O=C(/C=C/c1ccccc1[N+](=O)[O-])NC[C@H]1CCCO1. The summed E-state index contributed by atoms with van der Waals surface area (Å²) < 4.78 is 5.39. The van der Waals surface area contributed by atoms with Crippen molar-refractivity contribution in [2.45, 2.75) is 18.9 Å². The second-order valence-corrected chi connectivity index (χ2v) is 4.53. The lowest BCUT2D eigenvalue weighted by Crippen LogP contribution is -2.30. The number of carbonyl (C=O) groups is 1. The highest BCUT2D eigenvalue weighted by molar-refractivity contribution is 5.92. The number of carbonyl (C=O) groups excluding carboxylic acids is 1. The summed E-state index contributed by atoms with van der Waals surface area (Å²) in [5, 5.41) is 13.5. The van der Waals surface area contributed by atoms with Crippen LogP contribution in [0.3, 0.4) is 0 Å². The molecular formula is C14H16N2O4. The number of para-hydroxylation sites is 1. The molecule has 2 rings (SSSR count). The molecule has 1 atom stereocenters. The molecule has 1 heterocycles. The van der Waals surface area contributed by atoms with Gasteiger partial charge in [0, 0.05) is 25.3 Å². The average molecular weight is 276 g/mol. The minimum Gasteiger partial charge on any atom is -0.376 e. The van der Waals surface area contributed by atoms with E-state index in [1.165, 1.54) is 18.2 Å². The molecule has 106 valence electrons. The number of nitrogens with zero attached hydrogens (tertiary/aromatic N) is 1. The summed E-state index contributed by atoms with van der Waals surface area (Å²) in [7, 11) is 0. The lowest BCUT2D eigenvalue weighted by Gasteiger charge is -2.08. The van der Waals surface area contributed by atoms with E-state index >= 15 is 0 Å². The molecule has 20 heavy (non-hydrogen) atoms. The molecular weight excluding hydrogens is 260 g/mol. The molecule has 1 aromatic rings. The second-order valence-electron chi connectivity index (χ2n) is 4.53. The summed E-state index contributed by atoms with van der Waals surface area (Å²) in [5.41, 5.74) is 0.389. The van der Waals surface area contributed by atoms with E-state index in [9.17, 15) is 14.9 Å². The van der Waals surface area contributed by atoms with E-state index in [1.807, 2.05) is 0 Å². The van der Waals surface area contributed by atoms with Crippen LogP contribution in [0.25, 0.3) is 6.08 Å². The van der Waals surface area contributed by atoms with Crippen LogP contribution in [0.1, 0.15) is 18.4 Å². The van der Waals surface area contributed by atoms with Gasteiger partial charge in [-0.2, -0.15) is 0 Å². The van der Waals surface area contributed by atoms with E-state index < -0.39 is 4.92 Å². The van der Waals surface area contributed by atoms with Crippen LogP contribution in [-0.4, -0.2) is 30.1 Å². The highest BCUT2D eigenvalue weighted by Crippen LogP contribution is 2.18. The van der Waals surface area contributed by atoms with Crippen LogP contribution >= 0.6 is 0 Å². The largest absolute Gasteiger partial charge is 0.376 e. The van der Waals surface area contributed by atoms with Gasteiger partial charge in [-0.25, -0.2) is 0 Å². The molecule has 1 aliphatic heterocycles. The third-order valence-corrected chi connectivity index (χ3v) is 3.08. The first-order chi connectivity index (χ1) is 9.66. The third-order valence-electron chi connectivity index (χ3n) is 3.08. The average Bonchev–Trinajstić information content (AvgIpc) is 2.96. The third kappa shape index (κ3) is 3.89. The Morgan fingerprint density at radius 3 is 3.00 bits per heavy atom. The van der Waals surface area contributed by atoms with E-state index in [2.05, 4.69) is 5.32 Å². The Labute approximate surface area is 116 Å². The molecule has 1 saturated heterocycles. The van der Waals surface area contributed by atoms with E-state index in [4.69, 9.17) is 4.74 Å². The van der Waals surface area contributed by atoms with Crippen LogP contribution in [-0.2, 0) is 9.53 Å². The van der Waals surface area contributed by atoms with Crippen molar-refractivity contribution in [3.05, 3.63) is 46.0 Å². The van der Waals surface area contributed by atoms with Gasteiger partial charge in [0.2, 0.25) is 5.91 Å². The van der Waals surface area contributed by atoms with E-state index in [0.717, 1.165) is 19.4 Å². The van der Waals surface area contributed by atoms with Gasteiger partial charge in [-0.3, -0.25) is 14.9 Å². The van der Waals surface area contributed by atoms with E-state index in [1.54, 1.807) is 18.2 Å². The standard InChI is InChI=1S/C14H16N2O4/c17-14(15-10-12-5-3-9-20-12)8-7-11-4-1-2-6-13(11)16(18)19/h1-2,4,6-8,12H,3,5,9-10H2,(H,15,17)/b8-7+/t12-/m1/s1. The van der Waals surface area contributed by atoms with Crippen molar-refractivity contribution in [1.29, 1.82) is 0 Å². The number of hydrogen-bond donors (Lipinski definition) is 1. The Hall–Kier alpha value is -2.21. The molecule has 1 fully saturated rings. The molecule has 1 amide bonds. The summed E-state index contributed by atoms with van der Waals surface area (Å²) in [6.07, 6.45) is 4.81. The van der Waals surface area contributed by atoms with Crippen molar-refractivity contribution in [2.24, 2.45) is 0 Å². The predicted octanol–water partition coefficient (Wildman–Crippen LogP) is 1.90. The van der Waals surface area contributed by atoms with Gasteiger partial charge >= 0.3 is 0 Å². The predicted molar refractivity (Wildman–Crippen MR) is 74.1 cm³/mol. The molecule has 0 aliphatic carbocycles. The Morgan fingerprint density at radius 2 is 2.30 bits per heavy atom. The number of rotatable bonds is 5. The summed E-state index contributed by atoms with van der Waals surface area (Å²) in [4.78, 5) is 22.0. The highest BCUT2D eigenvalue weighted by Gasteiger charge is 2.15. The Bertz CT molecular complexity index is 522. The Morgan fingerprint density at radius 1 is 1.50 bits per heavy atom. The number of nitrogens with one attached hydrogen (secondary N) is 1. The molecule has 0 bridgehead atoms. The van der Waals surface area contributed by atoms with Gasteiger partial charge in [-0.15, -0.1) is 0 Å². The number of nitro groups is 1. The number of ether oxygens (including phenoxy) is 1. The molecule has 0 unspecified atom stereocenters. The van der Waals surface area contributed by atoms with Gasteiger partial charge in [0.25, 0.3) is 5.69 Å². The van der Waals surface area contributed by atoms with Crippen LogP contribution in [0.5, 0.6) is 0 Å². The maximum atomic E-state index is 11.6. The van der Waals surface area contributed by atoms with Crippen molar-refractivity contribution in [3.63, 3.8) is 0 Å². The Balaban J connectivity index is 1.91. The van der Waals surface area contributed by atoms with E-state index in [0.29, 0.717) is 12.1 Å². The highest BCUT2D eigenvalue weighted by atomic mass is 16.6. The second kappa shape index (κ2) is 6.81. The van der Waals surface area contributed by atoms with Crippen molar-refractivity contribution < 1.29 is 14.5 Å². The lowest BCUT2D eigenvalue weighted by atomic mass is 10.1. The van der Waals surface area contributed by atoms with Crippen LogP contribution < -0.4 is 5.32 Å². The number of hydrogen-bond acceptors (Lipinski definition) is 4. The number of amides is 1. The van der Waals surface area contributed by atoms with Crippen LogP contribution in [0.15, 0.2) is 30.3 Å². The molecule has 0 saturated carbocycles. The molecule has 6 heteroatoms. The maximum Gasteiger partial charge on any atom is 0.276 e. The van der Waals surface area contributed by atoms with Crippen LogP contribution in [0.4, 0.5) is 5.69 Å². The fourth-order valence-corrected chi connectivity index (χ4v) is 2.04. The fraction of sp³-hybridized carbons (Fsp3) is 0.357. The van der Waals surface area contributed by atoms with Crippen molar-refractivity contribution >= 4 is 17.7 Å². The van der Waals surface area contributed by atoms with Crippen molar-refractivity contribution in [3.8, 4) is 0 Å². The van der Waals surface area contributed by atoms with Crippen LogP contribution in [0, 0.1) is 10.1 Å². The summed E-state index contributed by atoms with van der Waals surface area (Å²) in [6, 6.07) is 6.29. The normalized spacial score (nSPS) is 18.3. The molecule has 0 aromatic heterocycles. The summed E-state index contributed by atoms with van der Waals surface area (Å²) in [5.74, 6) is -0.279. The lowest BCUT2D eigenvalue weighted by molar-refractivity contribution is -0.385. The van der Waals surface area contributed by atoms with Crippen molar-refractivity contribution in [1.82, 2.24) is 5.32 Å². The zero-order valence-electron chi connectivity index (χ0n) is 11.0. The smallest absolute Gasteiger partial charge is 0.276 e. The minimum atomic E-state index is -0.468. The first-order valence-corrected chi connectivity index (χ1v) is 6.48. The molecule has 6 nitrogen and oxygen atoms in total. The first-order valence-electron chi connectivity index (χ1n) is 6.48. The molecule has 0 spiro atoms. The minimum absolute atomic E-state index is 0.0179. The van der Waals surface area contributed by atoms with Crippen molar-refractivity contribution in [2.75, 3.05) is 13.2 Å². The fourth-order valence-electron chi connectivity index (χ4n) is 2.04. The van der Waals surface area contributed by atoms with Gasteiger partial charge in [-0.05, 0) is 25.0 Å². The topological polar surface area (TPSA) is 81.5 Å². The summed E-state index contributed by atoms with van der Waals surface area (Å²) >= 11 is 0. The zero-order valence-corrected chi connectivity index (χ0v) is 11.0. The quantitative estimate of drug-likeness (QED) is 0.506. The first kappa shape index (κ1) is 14.2. The zero-order chi connectivity index (χ0) is 14.4. The van der Waals surface area contributed by atoms with Gasteiger partial charge in [0.1, 0.15) is 0 Å². The van der Waals surface area contributed by atoms with Gasteiger partial charge < -0.3 is 10.1 Å². The maximum absolute atomic E-state index is 11.6. The monoisotopic (exact) mass is 276 g/mol. The van der Waals surface area contributed by atoms with Gasteiger partial charge in [0.15, 0.2) is 0 Å². The van der Waals surface area contributed by atoms with Crippen LogP contribution in [0.2, 0.25) is 0 Å². The molecule has 1 aliphatic rings.